The van der Waals surface area contributed by atoms with Gasteiger partial charge in [-0.25, -0.2) is 8.42 Å². The fourth-order valence-corrected chi connectivity index (χ4v) is 5.55. The number of nitrogens with zero attached hydrogens (tertiary/aromatic N) is 2. The van der Waals surface area contributed by atoms with Crippen molar-refractivity contribution in [3.8, 4) is 5.75 Å². The average Bonchev–Trinajstić information content (AvgIpc) is 2.95. The summed E-state index contributed by atoms with van der Waals surface area (Å²) in [5.41, 5.74) is 1.88. The second kappa shape index (κ2) is 13.3. The van der Waals surface area contributed by atoms with Crippen LogP contribution in [0.2, 0.25) is 0 Å². The van der Waals surface area contributed by atoms with Crippen LogP contribution in [0.25, 0.3) is 0 Å². The summed E-state index contributed by atoms with van der Waals surface area (Å²) in [6.45, 7) is 6.95. The van der Waals surface area contributed by atoms with Crippen LogP contribution in [-0.2, 0) is 26.2 Å². The second-order valence-corrected chi connectivity index (χ2v) is 11.3. The Kier molecular flexibility index (Phi) is 10.1. The van der Waals surface area contributed by atoms with Gasteiger partial charge in [0.1, 0.15) is 18.3 Å². The van der Waals surface area contributed by atoms with E-state index in [4.69, 9.17) is 4.74 Å². The molecule has 0 saturated heterocycles. The molecule has 208 valence electrons. The zero-order valence-electron chi connectivity index (χ0n) is 23.1. The summed E-state index contributed by atoms with van der Waals surface area (Å²) in [5, 5.41) is 2.93. The van der Waals surface area contributed by atoms with Crippen LogP contribution in [0.3, 0.4) is 0 Å². The zero-order chi connectivity index (χ0) is 28.6. The summed E-state index contributed by atoms with van der Waals surface area (Å²) < 4.78 is 34.0. The number of anilines is 1. The molecule has 0 spiro atoms. The molecule has 2 amide bonds. The van der Waals surface area contributed by atoms with Gasteiger partial charge in [-0.1, -0.05) is 55.5 Å². The van der Waals surface area contributed by atoms with Gasteiger partial charge in [0.2, 0.25) is 11.8 Å². The molecule has 0 fully saturated rings. The van der Waals surface area contributed by atoms with Crippen molar-refractivity contribution < 1.29 is 22.7 Å². The molecule has 39 heavy (non-hydrogen) atoms. The smallest absolute Gasteiger partial charge is 0.264 e. The average molecular weight is 552 g/mol. The molecule has 3 aromatic rings. The summed E-state index contributed by atoms with van der Waals surface area (Å²) in [5.74, 6) is -0.140. The molecule has 3 aromatic carbocycles. The third-order valence-electron chi connectivity index (χ3n) is 6.67. The number of carbonyl (C=O) groups is 2. The molecule has 0 aliphatic heterocycles. The summed E-state index contributed by atoms with van der Waals surface area (Å²) in [7, 11) is -2.52. The van der Waals surface area contributed by atoms with Crippen molar-refractivity contribution in [3.05, 3.63) is 90.0 Å². The fourth-order valence-electron chi connectivity index (χ4n) is 4.05. The van der Waals surface area contributed by atoms with Gasteiger partial charge in [-0.3, -0.25) is 13.9 Å². The third kappa shape index (κ3) is 7.38. The minimum absolute atomic E-state index is 0.0696. The number of ether oxygens (including phenoxy) is 1. The van der Waals surface area contributed by atoms with Gasteiger partial charge in [-0.2, -0.15) is 0 Å². The van der Waals surface area contributed by atoms with Crippen LogP contribution in [0.15, 0.2) is 83.8 Å². The van der Waals surface area contributed by atoms with E-state index in [-0.39, 0.29) is 23.4 Å². The number of para-hydroxylation sites is 1. The van der Waals surface area contributed by atoms with Gasteiger partial charge >= 0.3 is 0 Å². The lowest BCUT2D eigenvalue weighted by Gasteiger charge is -2.33. The SMILES string of the molecule is CC[C@H](C)NC(=O)[C@H](C)N(Cc1ccc(OC)cc1)C(=O)CN(c1ccccc1C)S(=O)(=O)c1ccccc1. The van der Waals surface area contributed by atoms with E-state index >= 15 is 0 Å². The molecule has 9 heteroatoms. The van der Waals surface area contributed by atoms with Crippen LogP contribution in [0, 0.1) is 6.92 Å². The Morgan fingerprint density at radius 2 is 1.54 bits per heavy atom. The number of hydrogen-bond acceptors (Lipinski definition) is 5. The molecule has 0 bridgehead atoms. The van der Waals surface area contributed by atoms with E-state index in [2.05, 4.69) is 5.32 Å². The number of amides is 2. The van der Waals surface area contributed by atoms with Gasteiger partial charge in [-0.15, -0.1) is 0 Å². The van der Waals surface area contributed by atoms with E-state index in [0.717, 1.165) is 16.3 Å². The standard InChI is InChI=1S/C30H37N3O5S/c1-6-23(3)31-30(35)24(4)32(20-25-16-18-26(38-5)19-17-25)29(34)21-33(28-15-11-10-12-22(28)2)39(36,37)27-13-8-7-9-14-27/h7-19,23-24H,6,20-21H2,1-5H3,(H,31,35)/t23-,24-/m0/s1. The summed E-state index contributed by atoms with van der Waals surface area (Å²) in [6.07, 6.45) is 0.737. The highest BCUT2D eigenvalue weighted by atomic mass is 32.2. The Hall–Kier alpha value is -3.85. The normalized spacial score (nSPS) is 12.7. The Labute approximate surface area is 231 Å². The topological polar surface area (TPSA) is 96.0 Å². The van der Waals surface area contributed by atoms with E-state index in [0.29, 0.717) is 17.0 Å². The first-order valence-corrected chi connectivity index (χ1v) is 14.4. The van der Waals surface area contributed by atoms with E-state index < -0.39 is 28.5 Å². The highest BCUT2D eigenvalue weighted by Crippen LogP contribution is 2.27. The molecule has 2 atom stereocenters. The molecule has 0 saturated carbocycles. The maximum atomic E-state index is 14.0. The zero-order valence-corrected chi connectivity index (χ0v) is 23.9. The molecule has 0 aliphatic carbocycles. The van der Waals surface area contributed by atoms with Gasteiger partial charge in [-0.05, 0) is 68.7 Å². The van der Waals surface area contributed by atoms with Crippen molar-refractivity contribution in [3.63, 3.8) is 0 Å². The number of hydrogen-bond donors (Lipinski definition) is 1. The molecule has 0 aliphatic rings. The molecule has 8 nitrogen and oxygen atoms in total. The van der Waals surface area contributed by atoms with Crippen LogP contribution < -0.4 is 14.4 Å². The minimum Gasteiger partial charge on any atom is -0.497 e. The third-order valence-corrected chi connectivity index (χ3v) is 8.45. The maximum absolute atomic E-state index is 14.0. The van der Waals surface area contributed by atoms with Crippen molar-refractivity contribution in [2.75, 3.05) is 18.0 Å². The number of carbonyl (C=O) groups excluding carboxylic acids is 2. The number of nitrogens with one attached hydrogen (secondary N) is 1. The highest BCUT2D eigenvalue weighted by molar-refractivity contribution is 7.92. The van der Waals surface area contributed by atoms with Gasteiger partial charge in [0.15, 0.2) is 0 Å². The van der Waals surface area contributed by atoms with Crippen molar-refractivity contribution in [2.24, 2.45) is 0 Å². The van der Waals surface area contributed by atoms with E-state index in [9.17, 15) is 18.0 Å². The van der Waals surface area contributed by atoms with Gasteiger partial charge in [0.05, 0.1) is 17.7 Å². The first-order chi connectivity index (χ1) is 18.6. The summed E-state index contributed by atoms with van der Waals surface area (Å²) >= 11 is 0. The lowest BCUT2D eigenvalue weighted by molar-refractivity contribution is -0.139. The van der Waals surface area contributed by atoms with Crippen LogP contribution in [0.1, 0.15) is 38.3 Å². The summed E-state index contributed by atoms with van der Waals surface area (Å²) in [4.78, 5) is 28.6. The largest absolute Gasteiger partial charge is 0.497 e. The number of benzene rings is 3. The molecule has 0 aromatic heterocycles. The Morgan fingerprint density at radius 3 is 2.13 bits per heavy atom. The van der Waals surface area contributed by atoms with Gasteiger partial charge < -0.3 is 15.0 Å². The minimum atomic E-state index is -4.09. The Balaban J connectivity index is 2.02. The van der Waals surface area contributed by atoms with Gasteiger partial charge in [0, 0.05) is 12.6 Å². The molecule has 0 radical (unpaired) electrons. The van der Waals surface area contributed by atoms with E-state index in [1.165, 1.54) is 17.0 Å². The van der Waals surface area contributed by atoms with Gasteiger partial charge in [0.25, 0.3) is 10.0 Å². The maximum Gasteiger partial charge on any atom is 0.264 e. The quantitative estimate of drug-likeness (QED) is 0.357. The van der Waals surface area contributed by atoms with E-state index in [1.807, 2.05) is 32.0 Å². The van der Waals surface area contributed by atoms with Crippen LogP contribution in [-0.4, -0.2) is 50.9 Å². The van der Waals surface area contributed by atoms with Crippen molar-refractivity contribution in [1.82, 2.24) is 10.2 Å². The highest BCUT2D eigenvalue weighted by Gasteiger charge is 2.33. The monoisotopic (exact) mass is 551 g/mol. The van der Waals surface area contributed by atoms with Crippen molar-refractivity contribution >= 4 is 27.5 Å². The molecule has 3 rings (SSSR count). The fraction of sp³-hybridized carbons (Fsp3) is 0.333. The molecule has 1 N–H and O–H groups in total. The molecular formula is C30H37N3O5S. The van der Waals surface area contributed by atoms with Crippen LogP contribution >= 0.6 is 0 Å². The molecular weight excluding hydrogens is 514 g/mol. The lowest BCUT2D eigenvalue weighted by Crippen LogP contribution is -2.52. The van der Waals surface area contributed by atoms with Crippen LogP contribution in [0.5, 0.6) is 5.75 Å². The number of methoxy groups -OCH3 is 1. The lowest BCUT2D eigenvalue weighted by atomic mass is 10.1. The first kappa shape index (κ1) is 29.7. The second-order valence-electron chi connectivity index (χ2n) is 9.47. The number of aryl methyl sites for hydroxylation is 1. The Bertz CT molecular complexity index is 1360. The molecule has 0 unspecified atom stereocenters. The van der Waals surface area contributed by atoms with E-state index in [1.54, 1.807) is 69.5 Å². The van der Waals surface area contributed by atoms with Crippen molar-refractivity contribution in [2.45, 2.75) is 57.6 Å². The van der Waals surface area contributed by atoms with Crippen LogP contribution in [0.4, 0.5) is 5.69 Å². The number of sulfonamides is 1. The predicted octanol–water partition coefficient (Wildman–Crippen LogP) is 4.53. The van der Waals surface area contributed by atoms with Crippen molar-refractivity contribution in [1.29, 1.82) is 0 Å². The Morgan fingerprint density at radius 1 is 0.923 bits per heavy atom. The molecule has 0 heterocycles. The number of rotatable bonds is 12. The first-order valence-electron chi connectivity index (χ1n) is 12.9. The predicted molar refractivity (Wildman–Crippen MR) is 153 cm³/mol. The summed E-state index contributed by atoms with van der Waals surface area (Å²) in [6, 6.07) is 21.3.